The normalized spacial score (nSPS) is 12.4. The predicted octanol–water partition coefficient (Wildman–Crippen LogP) is 11.4. The van der Waals surface area contributed by atoms with E-state index in [9.17, 15) is 44.7 Å². The van der Waals surface area contributed by atoms with E-state index in [1.807, 2.05) is 13.8 Å². The molecule has 0 saturated carbocycles. The minimum absolute atomic E-state index is 0.222. The van der Waals surface area contributed by atoms with Gasteiger partial charge in [0.15, 0.2) is 9.60 Å². The minimum atomic E-state index is -4.67. The Hall–Kier alpha value is -4.52. The number of aromatic nitrogens is 4. The van der Waals surface area contributed by atoms with E-state index in [0.717, 1.165) is 46.1 Å². The summed E-state index contributed by atoms with van der Waals surface area (Å²) in [5.74, 6) is -4.19. The molecule has 0 aliphatic carbocycles. The highest BCUT2D eigenvalue weighted by Crippen LogP contribution is 2.32. The number of rotatable bonds is 8. The van der Waals surface area contributed by atoms with Crippen LogP contribution in [0.4, 0.5) is 35.1 Å². The summed E-state index contributed by atoms with van der Waals surface area (Å²) in [6.45, 7) is 6.85. The first kappa shape index (κ1) is 46.2. The van der Waals surface area contributed by atoms with Gasteiger partial charge in [0.25, 0.3) is 11.8 Å². The number of fused-ring (bicyclic) bond motifs is 2. The van der Waals surface area contributed by atoms with Crippen molar-refractivity contribution < 1.29 is 44.7 Å². The molecule has 0 atom stereocenters. The van der Waals surface area contributed by atoms with Gasteiger partial charge < -0.3 is 9.13 Å². The second-order valence-electron chi connectivity index (χ2n) is 12.2. The van der Waals surface area contributed by atoms with Crippen LogP contribution in [0.25, 0.3) is 20.4 Å². The van der Waals surface area contributed by atoms with E-state index in [2.05, 4.69) is 20.0 Å². The Bertz CT molecular complexity index is 2340. The van der Waals surface area contributed by atoms with Crippen LogP contribution in [0.2, 0.25) is 0 Å². The van der Waals surface area contributed by atoms with Gasteiger partial charge in [-0.15, -0.1) is 23.2 Å². The first-order valence-corrected chi connectivity index (χ1v) is 19.9. The monoisotopic (exact) mass is 892 g/mol. The van der Waals surface area contributed by atoms with Crippen LogP contribution in [0.3, 0.4) is 0 Å². The molecule has 0 N–H and O–H groups in total. The van der Waals surface area contributed by atoms with Crippen LogP contribution >= 0.6 is 45.9 Å². The molecule has 0 spiro atoms. The van der Waals surface area contributed by atoms with Crippen molar-refractivity contribution in [2.75, 3.05) is 0 Å². The molecular formula is C38H34Cl2F8N6O2S2. The van der Waals surface area contributed by atoms with Crippen molar-refractivity contribution in [3.63, 3.8) is 0 Å². The van der Waals surface area contributed by atoms with Crippen molar-refractivity contribution in [2.24, 2.45) is 9.98 Å². The fraction of sp³-hybridized carbons (Fsp3) is 0.316. The smallest absolute Gasteiger partial charge is 0.315 e. The summed E-state index contributed by atoms with van der Waals surface area (Å²) in [4.78, 5) is 41.2. The van der Waals surface area contributed by atoms with Gasteiger partial charge in [-0.2, -0.15) is 36.3 Å². The number of carbonyl (C=O) groups excluding carboxylic acids is 2. The zero-order chi connectivity index (χ0) is 42.8. The molecule has 0 aliphatic rings. The number of pyridine rings is 2. The lowest BCUT2D eigenvalue weighted by molar-refractivity contribution is -0.138. The highest BCUT2D eigenvalue weighted by atomic mass is 35.5. The topological polar surface area (TPSA) is 94.5 Å². The summed E-state index contributed by atoms with van der Waals surface area (Å²) in [6.07, 6.45) is 0.564. The summed E-state index contributed by atoms with van der Waals surface area (Å²) in [5.41, 5.74) is -2.06. The molecule has 6 rings (SSSR count). The minimum Gasteiger partial charge on any atom is -0.315 e. The lowest BCUT2D eigenvalue weighted by Crippen LogP contribution is -2.18. The molecule has 0 radical (unpaired) electrons. The number of unbranched alkanes of at least 4 members (excludes halogenated alkanes) is 2. The maximum Gasteiger partial charge on any atom is 0.416 e. The number of hydrogen-bond acceptors (Lipinski definition) is 6. The van der Waals surface area contributed by atoms with Crippen LogP contribution in [0.5, 0.6) is 0 Å². The fourth-order valence-electron chi connectivity index (χ4n) is 5.09. The highest BCUT2D eigenvalue weighted by Gasteiger charge is 2.33. The van der Waals surface area contributed by atoms with E-state index >= 15 is 0 Å². The third kappa shape index (κ3) is 12.3. The summed E-state index contributed by atoms with van der Waals surface area (Å²) >= 11 is 12.5. The van der Waals surface area contributed by atoms with Crippen LogP contribution in [-0.2, 0) is 25.4 Å². The molecule has 0 unspecified atom stereocenters. The van der Waals surface area contributed by atoms with E-state index in [1.54, 1.807) is 53.0 Å². The van der Waals surface area contributed by atoms with Gasteiger partial charge in [-0.25, -0.2) is 8.78 Å². The summed E-state index contributed by atoms with van der Waals surface area (Å²) < 4.78 is 110. The van der Waals surface area contributed by atoms with Crippen molar-refractivity contribution in [3.8, 4) is 0 Å². The van der Waals surface area contributed by atoms with Crippen LogP contribution in [0, 0.1) is 11.6 Å². The first-order valence-electron chi connectivity index (χ1n) is 17.4. The van der Waals surface area contributed by atoms with Crippen molar-refractivity contribution in [1.29, 1.82) is 0 Å². The number of alkyl halides is 8. The average Bonchev–Trinajstić information content (AvgIpc) is 3.68. The van der Waals surface area contributed by atoms with E-state index in [-0.39, 0.29) is 4.84 Å². The van der Waals surface area contributed by atoms with Crippen molar-refractivity contribution in [2.45, 2.75) is 76.7 Å². The summed E-state index contributed by atoms with van der Waals surface area (Å²) in [7, 11) is 0. The number of amides is 2. The first-order chi connectivity index (χ1) is 27.3. The van der Waals surface area contributed by atoms with E-state index < -0.39 is 58.1 Å². The second-order valence-corrected chi connectivity index (χ2v) is 15.8. The van der Waals surface area contributed by atoms with Gasteiger partial charge in [0.2, 0.25) is 0 Å². The van der Waals surface area contributed by atoms with Crippen LogP contribution in [-0.4, -0.2) is 35.8 Å². The molecule has 2 aromatic carbocycles. The van der Waals surface area contributed by atoms with Gasteiger partial charge in [0, 0.05) is 25.5 Å². The molecule has 0 bridgehead atoms. The van der Waals surface area contributed by atoms with Crippen LogP contribution in [0.15, 0.2) is 83.3 Å². The van der Waals surface area contributed by atoms with Crippen molar-refractivity contribution in [1.82, 2.24) is 19.1 Å². The zero-order valence-electron chi connectivity index (χ0n) is 30.8. The number of thiazole rings is 2. The van der Waals surface area contributed by atoms with Gasteiger partial charge in [-0.1, -0.05) is 49.4 Å². The summed E-state index contributed by atoms with van der Waals surface area (Å²) in [5, 5.41) is 0. The maximum atomic E-state index is 14.0. The number of aryl methyl sites for hydroxylation is 2. The molecule has 20 heteroatoms. The van der Waals surface area contributed by atoms with Gasteiger partial charge in [0.1, 0.15) is 16.5 Å². The van der Waals surface area contributed by atoms with Gasteiger partial charge >= 0.3 is 12.4 Å². The molecule has 4 aromatic heterocycles. The number of nitrogens with zero attached hydrogens (tertiary/aromatic N) is 6. The van der Waals surface area contributed by atoms with Gasteiger partial charge in [-0.05, 0) is 68.3 Å². The molecule has 8 nitrogen and oxygen atoms in total. The molecule has 4 heterocycles. The molecule has 0 fully saturated rings. The Balaban J connectivity index is 0.000000235. The fourth-order valence-corrected chi connectivity index (χ4v) is 7.14. The number of hydrogen-bond donors (Lipinski definition) is 0. The van der Waals surface area contributed by atoms with Crippen LogP contribution in [0.1, 0.15) is 78.3 Å². The van der Waals surface area contributed by atoms with Gasteiger partial charge in [-0.3, -0.25) is 19.6 Å². The Morgan fingerprint density at radius 1 is 0.690 bits per heavy atom. The molecule has 58 heavy (non-hydrogen) atoms. The van der Waals surface area contributed by atoms with Crippen molar-refractivity contribution >= 4 is 78.1 Å². The molecule has 6 aromatic rings. The molecule has 0 aliphatic heterocycles. The standard InChI is InChI=1S/2C18H15F4N3OS.C2H4Cl2/c2*1-2-3-8-25-14-10-23-7-6-15(14)27-17(25)24-16(26)12-9-11(18(20,21)22)4-5-13(12)19;1-2(3)4/h2*4-7,9-10H,2-3,8H2,1H3;2H,1H3. The molecule has 2 amide bonds. The Kier molecular flexibility index (Phi) is 16.3. The highest BCUT2D eigenvalue weighted by molar-refractivity contribution is 7.16. The Morgan fingerprint density at radius 2 is 1.05 bits per heavy atom. The third-order valence-corrected chi connectivity index (χ3v) is 10.0. The van der Waals surface area contributed by atoms with Gasteiger partial charge in [0.05, 0.1) is 55.1 Å². The Labute approximate surface area is 344 Å². The van der Waals surface area contributed by atoms with E-state index in [0.29, 0.717) is 59.1 Å². The lowest BCUT2D eigenvalue weighted by Gasteiger charge is -2.08. The number of carbonyl (C=O) groups is 2. The molecule has 310 valence electrons. The van der Waals surface area contributed by atoms with Crippen LogP contribution < -0.4 is 9.60 Å². The second kappa shape index (κ2) is 20.4. The molecule has 0 saturated heterocycles. The largest absolute Gasteiger partial charge is 0.416 e. The SMILES string of the molecule is CC(Cl)Cl.CCCCn1c(=NC(=O)c2cc(C(F)(F)F)ccc2F)sc2ccncc21.CCCCn1c(=NC(=O)c2cc(C(F)(F)F)ccc2F)sc2ccncc21. The third-order valence-electron chi connectivity index (χ3n) is 7.88. The summed E-state index contributed by atoms with van der Waals surface area (Å²) in [6, 6.07) is 6.96. The lowest BCUT2D eigenvalue weighted by atomic mass is 10.1. The Morgan fingerprint density at radius 3 is 1.38 bits per heavy atom. The van der Waals surface area contributed by atoms with Crippen molar-refractivity contribution in [3.05, 3.63) is 117 Å². The zero-order valence-corrected chi connectivity index (χ0v) is 34.0. The average molecular weight is 894 g/mol. The quantitative estimate of drug-likeness (QED) is 0.112. The molecular weight excluding hydrogens is 859 g/mol. The predicted molar refractivity (Wildman–Crippen MR) is 209 cm³/mol. The maximum absolute atomic E-state index is 14.0. The number of benzene rings is 2. The van der Waals surface area contributed by atoms with E-state index in [4.69, 9.17) is 23.2 Å². The van der Waals surface area contributed by atoms with E-state index in [1.165, 1.54) is 22.7 Å². The number of halogens is 10.